The van der Waals surface area contributed by atoms with Crippen molar-refractivity contribution in [3.8, 4) is 23.0 Å². The van der Waals surface area contributed by atoms with Gasteiger partial charge >= 0.3 is 0 Å². The van der Waals surface area contributed by atoms with E-state index >= 15 is 0 Å². The molecule has 0 bridgehead atoms. The van der Waals surface area contributed by atoms with Crippen LogP contribution in [-0.2, 0) is 0 Å². The molecule has 0 aliphatic heterocycles. The van der Waals surface area contributed by atoms with Crippen LogP contribution in [0.3, 0.4) is 0 Å². The van der Waals surface area contributed by atoms with Crippen LogP contribution in [0.25, 0.3) is 5.65 Å². The maximum Gasteiger partial charge on any atom is 0.272 e. The minimum Gasteiger partial charge on any atom is -0.497 e. The Balaban J connectivity index is 1.82. The second-order valence-electron chi connectivity index (χ2n) is 7.47. The first-order chi connectivity index (χ1) is 16.9. The van der Waals surface area contributed by atoms with E-state index in [1.54, 1.807) is 50.4 Å². The van der Waals surface area contributed by atoms with Crippen LogP contribution in [0.1, 0.15) is 16.1 Å². The molecule has 0 spiro atoms. The highest BCUT2D eigenvalue weighted by atomic mass is 16.5. The quantitative estimate of drug-likeness (QED) is 0.351. The van der Waals surface area contributed by atoms with Crippen molar-refractivity contribution >= 4 is 28.7 Å². The molecule has 0 saturated heterocycles. The van der Waals surface area contributed by atoms with Crippen molar-refractivity contribution in [3.63, 3.8) is 0 Å². The Hall–Kier alpha value is -4.67. The molecule has 0 saturated carbocycles. The van der Waals surface area contributed by atoms with E-state index in [0.29, 0.717) is 40.1 Å². The van der Waals surface area contributed by atoms with Gasteiger partial charge in [0.15, 0.2) is 5.65 Å². The van der Waals surface area contributed by atoms with Gasteiger partial charge in [-0.05, 0) is 31.2 Å². The van der Waals surface area contributed by atoms with Gasteiger partial charge in [0.05, 0.1) is 39.8 Å². The average molecular weight is 479 g/mol. The number of nitrogens with zero attached hydrogens (tertiary/aromatic N) is 2. The summed E-state index contributed by atoms with van der Waals surface area (Å²) < 4.78 is 22.5. The lowest BCUT2D eigenvalue weighted by Gasteiger charge is -2.14. The molecule has 2 heterocycles. The van der Waals surface area contributed by atoms with Crippen LogP contribution in [0.5, 0.6) is 23.0 Å². The van der Waals surface area contributed by atoms with E-state index in [9.17, 15) is 9.59 Å². The van der Waals surface area contributed by atoms with Gasteiger partial charge in [-0.3, -0.25) is 14.7 Å². The number of anilines is 3. The van der Waals surface area contributed by atoms with Crippen LogP contribution in [0.2, 0.25) is 0 Å². The van der Waals surface area contributed by atoms with Crippen LogP contribution in [-0.4, -0.2) is 48.9 Å². The van der Waals surface area contributed by atoms with Crippen molar-refractivity contribution < 1.29 is 23.7 Å². The van der Waals surface area contributed by atoms with Crippen LogP contribution >= 0.6 is 0 Å². The number of ether oxygens (including phenoxy) is 4. The first-order valence-electron chi connectivity index (χ1n) is 10.5. The number of aromatic nitrogens is 3. The highest BCUT2D eigenvalue weighted by Gasteiger charge is 2.24. The minimum atomic E-state index is -0.514. The molecule has 182 valence electrons. The third kappa shape index (κ3) is 4.56. The molecular formula is C24H25N5O6. The van der Waals surface area contributed by atoms with Crippen LogP contribution in [0.4, 0.5) is 17.2 Å². The van der Waals surface area contributed by atoms with Crippen molar-refractivity contribution in [2.45, 2.75) is 6.92 Å². The number of benzene rings is 2. The van der Waals surface area contributed by atoms with E-state index in [4.69, 9.17) is 18.9 Å². The van der Waals surface area contributed by atoms with Crippen molar-refractivity contribution in [2.75, 3.05) is 39.1 Å². The number of hydrogen-bond donors (Lipinski definition) is 3. The van der Waals surface area contributed by atoms with Crippen molar-refractivity contribution in [2.24, 2.45) is 0 Å². The summed E-state index contributed by atoms with van der Waals surface area (Å²) in [7, 11) is 6.10. The molecule has 11 nitrogen and oxygen atoms in total. The van der Waals surface area contributed by atoms with E-state index in [0.717, 1.165) is 0 Å². The molecule has 2 aromatic heterocycles. The van der Waals surface area contributed by atoms with Crippen LogP contribution < -0.4 is 35.1 Å². The molecule has 0 aliphatic carbocycles. The lowest BCUT2D eigenvalue weighted by atomic mass is 10.2. The number of carbonyl (C=O) groups excluding carboxylic acids is 1. The number of nitrogens with one attached hydrogen (secondary N) is 3. The summed E-state index contributed by atoms with van der Waals surface area (Å²) >= 11 is 0. The largest absolute Gasteiger partial charge is 0.497 e. The molecule has 3 N–H and O–H groups in total. The fourth-order valence-electron chi connectivity index (χ4n) is 3.58. The van der Waals surface area contributed by atoms with Crippen molar-refractivity contribution in [1.29, 1.82) is 0 Å². The molecular weight excluding hydrogens is 454 g/mol. The maximum atomic E-state index is 13.5. The van der Waals surface area contributed by atoms with Crippen LogP contribution in [0.15, 0.2) is 47.3 Å². The van der Waals surface area contributed by atoms with Crippen molar-refractivity contribution in [3.05, 3.63) is 64.1 Å². The molecule has 0 fully saturated rings. The third-order valence-corrected chi connectivity index (χ3v) is 5.30. The molecule has 11 heteroatoms. The maximum absolute atomic E-state index is 13.5. The third-order valence-electron chi connectivity index (χ3n) is 5.30. The number of rotatable bonds is 8. The second kappa shape index (κ2) is 9.67. The summed E-state index contributed by atoms with van der Waals surface area (Å²) in [5.74, 6) is 1.79. The number of hydrogen-bond acceptors (Lipinski definition) is 8. The first-order valence-corrected chi connectivity index (χ1v) is 10.5. The van der Waals surface area contributed by atoms with Gasteiger partial charge in [0.1, 0.15) is 34.4 Å². The Labute approximate surface area is 200 Å². The fraction of sp³-hybridized carbons (Fsp3) is 0.208. The number of H-pyrrole nitrogens is 1. The summed E-state index contributed by atoms with van der Waals surface area (Å²) in [6, 6.07) is 11.6. The molecule has 4 aromatic rings. The predicted molar refractivity (Wildman–Crippen MR) is 131 cm³/mol. The van der Waals surface area contributed by atoms with Crippen molar-refractivity contribution in [1.82, 2.24) is 14.6 Å². The van der Waals surface area contributed by atoms with E-state index in [1.165, 1.54) is 31.9 Å². The zero-order valence-electron chi connectivity index (χ0n) is 19.9. The average Bonchev–Trinajstić information content (AvgIpc) is 3.22. The molecule has 0 radical (unpaired) electrons. The van der Waals surface area contributed by atoms with Gasteiger partial charge in [-0.25, -0.2) is 4.98 Å². The standard InChI is InChI=1S/C24H25N5O6/c1-13-10-20(30)29-23(25-13)21(24(31)27-17-9-7-15(33-3)12-19(17)35-5)22(28-29)26-16-8-6-14(32-2)11-18(16)34-4/h6-12,26,28H,1-5H3,(H,27,31). The zero-order chi connectivity index (χ0) is 25.1. The van der Waals surface area contributed by atoms with Gasteiger partial charge < -0.3 is 29.6 Å². The minimum absolute atomic E-state index is 0.126. The molecule has 4 rings (SSSR count). The van der Waals surface area contributed by atoms with Gasteiger partial charge in [-0.15, -0.1) is 0 Å². The zero-order valence-corrected chi connectivity index (χ0v) is 19.9. The van der Waals surface area contributed by atoms with Gasteiger partial charge in [-0.2, -0.15) is 4.52 Å². The Kier molecular flexibility index (Phi) is 6.49. The normalized spacial score (nSPS) is 10.7. The topological polar surface area (TPSA) is 128 Å². The lowest BCUT2D eigenvalue weighted by Crippen LogP contribution is -2.17. The molecule has 0 atom stereocenters. The van der Waals surface area contributed by atoms with E-state index in [-0.39, 0.29) is 22.6 Å². The highest BCUT2D eigenvalue weighted by molar-refractivity contribution is 6.12. The molecule has 0 unspecified atom stereocenters. The molecule has 1 amide bonds. The Bertz CT molecular complexity index is 1460. The summed E-state index contributed by atoms with van der Waals surface area (Å²) in [5, 5.41) is 8.91. The predicted octanol–water partition coefficient (Wildman–Crippen LogP) is 3.36. The van der Waals surface area contributed by atoms with Gasteiger partial charge in [0.25, 0.3) is 11.5 Å². The summed E-state index contributed by atoms with van der Waals surface area (Å²) in [4.78, 5) is 30.6. The summed E-state index contributed by atoms with van der Waals surface area (Å²) in [5.41, 5.74) is 1.36. The smallest absolute Gasteiger partial charge is 0.272 e. The lowest BCUT2D eigenvalue weighted by molar-refractivity contribution is 0.102. The Morgan fingerprint density at radius 2 is 1.49 bits per heavy atom. The first kappa shape index (κ1) is 23.5. The van der Waals surface area contributed by atoms with Gasteiger partial charge in [0.2, 0.25) is 0 Å². The number of carbonyl (C=O) groups is 1. The number of aryl methyl sites for hydroxylation is 1. The second-order valence-corrected chi connectivity index (χ2v) is 7.47. The number of aromatic amines is 1. The number of methoxy groups -OCH3 is 4. The molecule has 0 aliphatic rings. The molecule has 35 heavy (non-hydrogen) atoms. The Morgan fingerprint density at radius 3 is 2.09 bits per heavy atom. The van der Waals surface area contributed by atoms with Gasteiger partial charge in [-0.1, -0.05) is 0 Å². The fourth-order valence-corrected chi connectivity index (χ4v) is 3.58. The van der Waals surface area contributed by atoms with E-state index in [2.05, 4.69) is 20.7 Å². The number of amides is 1. The summed E-state index contributed by atoms with van der Waals surface area (Å²) in [6.07, 6.45) is 0. The van der Waals surface area contributed by atoms with E-state index < -0.39 is 5.91 Å². The highest BCUT2D eigenvalue weighted by Crippen LogP contribution is 2.34. The van der Waals surface area contributed by atoms with Crippen LogP contribution in [0, 0.1) is 6.92 Å². The Morgan fingerprint density at radius 1 is 0.886 bits per heavy atom. The number of fused-ring (bicyclic) bond motifs is 1. The molecule has 2 aromatic carbocycles. The monoisotopic (exact) mass is 479 g/mol. The van der Waals surface area contributed by atoms with E-state index in [1.807, 2.05) is 0 Å². The SMILES string of the molecule is COc1ccc(NC(=O)c2c(Nc3ccc(OC)cc3OC)[nH]n3c(=O)cc(C)nc23)c(OC)c1. The van der Waals surface area contributed by atoms with Gasteiger partial charge in [0, 0.05) is 23.9 Å². The summed E-state index contributed by atoms with van der Waals surface area (Å²) in [6.45, 7) is 1.68.